The Kier molecular flexibility index (Phi) is 3.22. The van der Waals surface area contributed by atoms with Crippen LogP contribution in [0.3, 0.4) is 0 Å². The molecule has 0 saturated carbocycles. The maximum Gasteiger partial charge on any atom is 0.337 e. The van der Waals surface area contributed by atoms with Gasteiger partial charge in [0.15, 0.2) is 0 Å². The van der Waals surface area contributed by atoms with Crippen LogP contribution in [-0.4, -0.2) is 27.9 Å². The molecule has 0 radical (unpaired) electrons. The normalized spacial score (nSPS) is 29.4. The summed E-state index contributed by atoms with van der Waals surface area (Å²) in [4.78, 5) is 23.2. The van der Waals surface area contributed by atoms with E-state index in [-0.39, 0.29) is 29.4 Å². The van der Waals surface area contributed by atoms with Crippen molar-refractivity contribution in [1.82, 2.24) is 4.57 Å². The lowest BCUT2D eigenvalue weighted by Gasteiger charge is -2.30. The van der Waals surface area contributed by atoms with E-state index in [1.807, 2.05) is 0 Å². The van der Waals surface area contributed by atoms with Gasteiger partial charge in [-0.3, -0.25) is 4.79 Å². The van der Waals surface area contributed by atoms with Crippen LogP contribution in [0.25, 0.3) is 0 Å². The monoisotopic (exact) mass is 327 g/mol. The third-order valence-corrected chi connectivity index (χ3v) is 4.47. The molecule has 2 saturated heterocycles. The maximum atomic E-state index is 12.2. The van der Waals surface area contributed by atoms with Gasteiger partial charge in [0, 0.05) is 12.2 Å². The van der Waals surface area contributed by atoms with Crippen LogP contribution in [0, 0.1) is 0 Å². The molecule has 0 spiro atoms. The quantitative estimate of drug-likeness (QED) is 0.904. The molecule has 1 N–H and O–H groups in total. The maximum absolute atomic E-state index is 12.2. The van der Waals surface area contributed by atoms with Gasteiger partial charge in [0.1, 0.15) is 0 Å². The number of pyridine rings is 1. The van der Waals surface area contributed by atoms with E-state index in [0.717, 1.165) is 25.7 Å². The summed E-state index contributed by atoms with van der Waals surface area (Å²) in [6, 6.07) is 1.39. The molecular weight excluding hydrogens is 314 g/mol. The Morgan fingerprint density at radius 2 is 2.00 bits per heavy atom. The summed E-state index contributed by atoms with van der Waals surface area (Å²) in [5.74, 6) is -1.02. The molecule has 102 valence electrons. The van der Waals surface area contributed by atoms with E-state index in [4.69, 9.17) is 9.84 Å². The summed E-state index contributed by atoms with van der Waals surface area (Å²) >= 11 is 3.15. The highest BCUT2D eigenvalue weighted by atomic mass is 79.9. The van der Waals surface area contributed by atoms with E-state index in [1.54, 1.807) is 4.57 Å². The molecular formula is C13H14BrNO4. The Morgan fingerprint density at radius 3 is 2.58 bits per heavy atom. The molecule has 2 aliphatic rings. The fraction of sp³-hybridized carbons (Fsp3) is 0.538. The van der Waals surface area contributed by atoms with Crippen LogP contribution in [0.15, 0.2) is 21.5 Å². The van der Waals surface area contributed by atoms with Crippen LogP contribution in [0.5, 0.6) is 0 Å². The smallest absolute Gasteiger partial charge is 0.337 e. The predicted octanol–water partition coefficient (Wildman–Crippen LogP) is 2.19. The van der Waals surface area contributed by atoms with Gasteiger partial charge in [0.05, 0.1) is 22.2 Å². The van der Waals surface area contributed by atoms with Crippen LogP contribution in [-0.2, 0) is 4.74 Å². The summed E-state index contributed by atoms with van der Waals surface area (Å²) in [7, 11) is 0. The number of aromatic carboxylic acids is 1. The summed E-state index contributed by atoms with van der Waals surface area (Å²) < 4.78 is 7.61. The van der Waals surface area contributed by atoms with Crippen molar-refractivity contribution in [2.24, 2.45) is 0 Å². The van der Waals surface area contributed by atoms with E-state index in [9.17, 15) is 9.59 Å². The van der Waals surface area contributed by atoms with Gasteiger partial charge in [-0.2, -0.15) is 0 Å². The van der Waals surface area contributed by atoms with Crippen molar-refractivity contribution in [3.63, 3.8) is 0 Å². The SMILES string of the molecule is O=C(O)c1cc(Br)c(=O)n(C2CC3CCC(C2)O3)c1. The number of halogens is 1. The van der Waals surface area contributed by atoms with Crippen molar-refractivity contribution in [3.05, 3.63) is 32.7 Å². The number of rotatable bonds is 2. The van der Waals surface area contributed by atoms with Crippen molar-refractivity contribution in [2.45, 2.75) is 43.9 Å². The van der Waals surface area contributed by atoms with Crippen molar-refractivity contribution in [1.29, 1.82) is 0 Å². The second-order valence-electron chi connectivity index (χ2n) is 5.18. The summed E-state index contributed by atoms with van der Waals surface area (Å²) in [5.41, 5.74) is -0.0402. The van der Waals surface area contributed by atoms with Crippen molar-refractivity contribution in [3.8, 4) is 0 Å². The van der Waals surface area contributed by atoms with Gasteiger partial charge in [-0.25, -0.2) is 4.79 Å². The standard InChI is InChI=1S/C13H14BrNO4/c14-11-3-7(13(17)18)6-15(12(11)16)8-4-9-1-2-10(5-8)19-9/h3,6,8-10H,1-2,4-5H2,(H,17,18). The van der Waals surface area contributed by atoms with Crippen molar-refractivity contribution < 1.29 is 14.6 Å². The molecule has 6 heteroatoms. The fourth-order valence-electron chi connectivity index (χ4n) is 3.01. The number of hydrogen-bond donors (Lipinski definition) is 1. The fourth-order valence-corrected chi connectivity index (χ4v) is 3.46. The topological polar surface area (TPSA) is 68.5 Å². The molecule has 3 heterocycles. The zero-order chi connectivity index (χ0) is 13.6. The molecule has 2 fully saturated rings. The van der Waals surface area contributed by atoms with Gasteiger partial charge in [-0.15, -0.1) is 0 Å². The first-order valence-corrected chi connectivity index (χ1v) is 7.14. The minimum atomic E-state index is -1.02. The van der Waals surface area contributed by atoms with Gasteiger partial charge < -0.3 is 14.4 Å². The lowest BCUT2D eigenvalue weighted by molar-refractivity contribution is -0.0165. The average molecular weight is 328 g/mol. The number of aromatic nitrogens is 1. The second-order valence-corrected chi connectivity index (χ2v) is 6.03. The Hall–Kier alpha value is -1.14. The summed E-state index contributed by atoms with van der Waals surface area (Å²) in [6.45, 7) is 0. The van der Waals surface area contributed by atoms with Crippen LogP contribution in [0.1, 0.15) is 42.1 Å². The van der Waals surface area contributed by atoms with E-state index in [2.05, 4.69) is 15.9 Å². The van der Waals surface area contributed by atoms with Gasteiger partial charge in [-0.05, 0) is 47.7 Å². The van der Waals surface area contributed by atoms with Crippen LogP contribution in [0.2, 0.25) is 0 Å². The largest absolute Gasteiger partial charge is 0.478 e. The molecule has 1 aromatic heterocycles. The Balaban J connectivity index is 2.00. The summed E-state index contributed by atoms with van der Waals surface area (Å²) in [6.07, 6.45) is 5.51. The minimum Gasteiger partial charge on any atom is -0.478 e. The summed E-state index contributed by atoms with van der Waals surface area (Å²) in [5, 5.41) is 9.08. The average Bonchev–Trinajstić information content (AvgIpc) is 2.71. The molecule has 0 aliphatic carbocycles. The molecule has 2 unspecified atom stereocenters. The molecule has 19 heavy (non-hydrogen) atoms. The second kappa shape index (κ2) is 4.76. The zero-order valence-corrected chi connectivity index (χ0v) is 11.8. The number of carboxylic acid groups (broad SMARTS) is 1. The number of fused-ring (bicyclic) bond motifs is 2. The molecule has 5 nitrogen and oxygen atoms in total. The number of carboxylic acids is 1. The molecule has 0 amide bonds. The lowest BCUT2D eigenvalue weighted by Crippen LogP contribution is -2.33. The Bertz CT molecular complexity index is 570. The highest BCUT2D eigenvalue weighted by Gasteiger charge is 2.36. The lowest BCUT2D eigenvalue weighted by atomic mass is 10.0. The van der Waals surface area contributed by atoms with Gasteiger partial charge in [-0.1, -0.05) is 0 Å². The first kappa shape index (κ1) is 12.9. The molecule has 2 aliphatic heterocycles. The number of nitrogens with zero attached hydrogens (tertiary/aromatic N) is 1. The third-order valence-electron chi connectivity index (χ3n) is 3.91. The molecule has 2 atom stereocenters. The van der Waals surface area contributed by atoms with Crippen LogP contribution >= 0.6 is 15.9 Å². The molecule has 3 rings (SSSR count). The highest BCUT2D eigenvalue weighted by molar-refractivity contribution is 9.10. The molecule has 2 bridgehead atoms. The Morgan fingerprint density at radius 1 is 1.37 bits per heavy atom. The van der Waals surface area contributed by atoms with E-state index >= 15 is 0 Å². The van der Waals surface area contributed by atoms with E-state index in [1.165, 1.54) is 12.3 Å². The van der Waals surface area contributed by atoms with Crippen molar-refractivity contribution >= 4 is 21.9 Å². The number of carbonyl (C=O) groups is 1. The number of hydrogen-bond acceptors (Lipinski definition) is 3. The first-order valence-electron chi connectivity index (χ1n) is 6.35. The van der Waals surface area contributed by atoms with E-state index < -0.39 is 5.97 Å². The minimum absolute atomic E-state index is 0.0364. The Labute approximate surface area is 118 Å². The third kappa shape index (κ3) is 2.34. The predicted molar refractivity (Wildman–Crippen MR) is 71.5 cm³/mol. The van der Waals surface area contributed by atoms with Crippen LogP contribution < -0.4 is 5.56 Å². The zero-order valence-electron chi connectivity index (χ0n) is 10.2. The first-order chi connectivity index (χ1) is 9.04. The van der Waals surface area contributed by atoms with E-state index in [0.29, 0.717) is 4.47 Å². The van der Waals surface area contributed by atoms with Gasteiger partial charge >= 0.3 is 5.97 Å². The molecule has 1 aromatic rings. The van der Waals surface area contributed by atoms with Crippen LogP contribution in [0.4, 0.5) is 0 Å². The van der Waals surface area contributed by atoms with Crippen molar-refractivity contribution in [2.75, 3.05) is 0 Å². The number of ether oxygens (including phenoxy) is 1. The highest BCUT2D eigenvalue weighted by Crippen LogP contribution is 2.37. The van der Waals surface area contributed by atoms with Gasteiger partial charge in [0.2, 0.25) is 0 Å². The van der Waals surface area contributed by atoms with Gasteiger partial charge in [0.25, 0.3) is 5.56 Å². The molecule has 0 aromatic carbocycles.